The van der Waals surface area contributed by atoms with Crippen LogP contribution in [0.25, 0.3) is 0 Å². The topological polar surface area (TPSA) is 42.2 Å². The van der Waals surface area contributed by atoms with Gasteiger partial charge >= 0.3 is 0 Å². The molecule has 0 radical (unpaired) electrons. The highest BCUT2D eigenvalue weighted by Crippen LogP contribution is 2.30. The van der Waals surface area contributed by atoms with Crippen LogP contribution in [0.4, 0.5) is 0 Å². The second-order valence-electron chi connectivity index (χ2n) is 5.48. The Morgan fingerprint density at radius 1 is 1.35 bits per heavy atom. The second-order valence-corrected chi connectivity index (χ2v) is 5.48. The lowest BCUT2D eigenvalue weighted by atomic mass is 9.99. The van der Waals surface area contributed by atoms with Gasteiger partial charge in [0.15, 0.2) is 0 Å². The van der Waals surface area contributed by atoms with Crippen LogP contribution in [-0.2, 0) is 6.42 Å². The fourth-order valence-corrected chi connectivity index (χ4v) is 2.94. The molecule has 0 saturated carbocycles. The lowest BCUT2D eigenvalue weighted by molar-refractivity contribution is 0.143. The van der Waals surface area contributed by atoms with Crippen LogP contribution in [-0.4, -0.2) is 28.1 Å². The molecular formula is C16H21N3O. The van der Waals surface area contributed by atoms with E-state index in [0.717, 1.165) is 36.7 Å². The van der Waals surface area contributed by atoms with Gasteiger partial charge in [0, 0.05) is 30.9 Å². The van der Waals surface area contributed by atoms with E-state index in [4.69, 9.17) is 4.52 Å². The maximum atomic E-state index is 5.24. The number of likely N-dealkylation sites (tertiary alicyclic amines) is 1. The Morgan fingerprint density at radius 3 is 3.05 bits per heavy atom. The molecular weight excluding hydrogens is 250 g/mol. The minimum Gasteiger partial charge on any atom is -0.361 e. The van der Waals surface area contributed by atoms with Gasteiger partial charge in [-0.2, -0.15) is 0 Å². The summed E-state index contributed by atoms with van der Waals surface area (Å²) in [4.78, 5) is 6.93. The maximum Gasteiger partial charge on any atom is 0.133 e. The van der Waals surface area contributed by atoms with E-state index < -0.39 is 0 Å². The predicted molar refractivity (Wildman–Crippen MR) is 77.3 cm³/mol. The van der Waals surface area contributed by atoms with Crippen LogP contribution in [0.15, 0.2) is 35.0 Å². The van der Waals surface area contributed by atoms with E-state index in [2.05, 4.69) is 33.2 Å². The van der Waals surface area contributed by atoms with Crippen molar-refractivity contribution in [1.29, 1.82) is 0 Å². The van der Waals surface area contributed by atoms with Crippen molar-refractivity contribution in [2.24, 2.45) is 0 Å². The number of hydrogen-bond donors (Lipinski definition) is 0. The normalized spacial score (nSPS) is 20.1. The van der Waals surface area contributed by atoms with Gasteiger partial charge < -0.3 is 4.52 Å². The maximum absolute atomic E-state index is 5.24. The minimum absolute atomic E-state index is 0.407. The van der Waals surface area contributed by atoms with Crippen molar-refractivity contribution in [1.82, 2.24) is 15.0 Å². The SMILES string of the molecule is Cc1cc([C@H]2CCCCN2CCc2ccccn2)no1. The van der Waals surface area contributed by atoms with Crippen molar-refractivity contribution in [2.75, 3.05) is 13.1 Å². The summed E-state index contributed by atoms with van der Waals surface area (Å²) in [7, 11) is 0. The first kappa shape index (κ1) is 13.3. The van der Waals surface area contributed by atoms with Crippen LogP contribution in [0, 0.1) is 6.92 Å². The average molecular weight is 271 g/mol. The third-order valence-electron chi connectivity index (χ3n) is 3.98. The molecule has 1 atom stereocenters. The van der Waals surface area contributed by atoms with Gasteiger partial charge in [-0.25, -0.2) is 0 Å². The highest BCUT2D eigenvalue weighted by atomic mass is 16.5. The molecule has 0 spiro atoms. The van der Waals surface area contributed by atoms with Crippen LogP contribution >= 0.6 is 0 Å². The molecule has 3 rings (SSSR count). The first-order valence-corrected chi connectivity index (χ1v) is 7.40. The Kier molecular flexibility index (Phi) is 4.11. The zero-order chi connectivity index (χ0) is 13.8. The fourth-order valence-electron chi connectivity index (χ4n) is 2.94. The van der Waals surface area contributed by atoms with Crippen LogP contribution in [0.3, 0.4) is 0 Å². The third-order valence-corrected chi connectivity index (χ3v) is 3.98. The van der Waals surface area contributed by atoms with Gasteiger partial charge in [-0.05, 0) is 38.4 Å². The second kappa shape index (κ2) is 6.18. The van der Waals surface area contributed by atoms with E-state index in [1.54, 1.807) is 0 Å². The molecule has 1 aliphatic heterocycles. The minimum atomic E-state index is 0.407. The lowest BCUT2D eigenvalue weighted by Crippen LogP contribution is -2.35. The standard InChI is InChI=1S/C16H21N3O/c1-13-12-15(18-20-13)16-7-3-5-10-19(16)11-8-14-6-2-4-9-17-14/h2,4,6,9,12,16H,3,5,7-8,10-11H2,1H3/t16-/m1/s1. The van der Waals surface area contributed by atoms with Crippen molar-refractivity contribution >= 4 is 0 Å². The molecule has 1 aliphatic rings. The summed E-state index contributed by atoms with van der Waals surface area (Å²) in [5.41, 5.74) is 2.25. The highest BCUT2D eigenvalue weighted by Gasteiger charge is 2.26. The summed E-state index contributed by atoms with van der Waals surface area (Å²) in [6.45, 7) is 4.13. The Balaban J connectivity index is 1.66. The zero-order valence-corrected chi connectivity index (χ0v) is 12.0. The summed E-state index contributed by atoms with van der Waals surface area (Å²) >= 11 is 0. The van der Waals surface area contributed by atoms with Crippen LogP contribution in [0.1, 0.15) is 42.5 Å². The molecule has 2 aromatic rings. The predicted octanol–water partition coefficient (Wildman–Crippen LogP) is 3.15. The average Bonchev–Trinajstić information content (AvgIpc) is 2.93. The molecule has 0 N–H and O–H groups in total. The van der Waals surface area contributed by atoms with Gasteiger partial charge in [-0.15, -0.1) is 0 Å². The van der Waals surface area contributed by atoms with Crippen LogP contribution in [0.2, 0.25) is 0 Å². The smallest absolute Gasteiger partial charge is 0.133 e. The van der Waals surface area contributed by atoms with Gasteiger partial charge in [0.05, 0.1) is 6.04 Å². The molecule has 0 aromatic carbocycles. The molecule has 4 heteroatoms. The molecule has 0 bridgehead atoms. The molecule has 20 heavy (non-hydrogen) atoms. The third kappa shape index (κ3) is 3.07. The van der Waals surface area contributed by atoms with Crippen molar-refractivity contribution in [2.45, 2.75) is 38.6 Å². The summed E-state index contributed by atoms with van der Waals surface area (Å²) < 4.78 is 5.24. The molecule has 1 fully saturated rings. The number of rotatable bonds is 4. The largest absolute Gasteiger partial charge is 0.361 e. The highest BCUT2D eigenvalue weighted by molar-refractivity contribution is 5.10. The van der Waals surface area contributed by atoms with Gasteiger partial charge in [0.1, 0.15) is 11.5 Å². The van der Waals surface area contributed by atoms with Crippen molar-refractivity contribution < 1.29 is 4.52 Å². The zero-order valence-electron chi connectivity index (χ0n) is 12.0. The van der Waals surface area contributed by atoms with Gasteiger partial charge in [-0.3, -0.25) is 9.88 Å². The molecule has 4 nitrogen and oxygen atoms in total. The summed E-state index contributed by atoms with van der Waals surface area (Å²) in [5, 5.41) is 4.21. The van der Waals surface area contributed by atoms with E-state index in [1.807, 2.05) is 19.2 Å². The van der Waals surface area contributed by atoms with Crippen molar-refractivity contribution in [3.05, 3.63) is 47.6 Å². The summed E-state index contributed by atoms with van der Waals surface area (Å²) in [5.74, 6) is 0.898. The molecule has 106 valence electrons. The van der Waals surface area contributed by atoms with Crippen LogP contribution < -0.4 is 0 Å². The van der Waals surface area contributed by atoms with E-state index in [0.29, 0.717) is 6.04 Å². The number of aryl methyl sites for hydroxylation is 1. The Bertz CT molecular complexity index is 538. The molecule has 0 unspecified atom stereocenters. The number of nitrogens with zero attached hydrogens (tertiary/aromatic N) is 3. The number of aromatic nitrogens is 2. The van der Waals surface area contributed by atoms with Crippen molar-refractivity contribution in [3.8, 4) is 0 Å². The van der Waals surface area contributed by atoms with E-state index in [9.17, 15) is 0 Å². The Morgan fingerprint density at radius 2 is 2.30 bits per heavy atom. The molecule has 3 heterocycles. The molecule has 0 amide bonds. The van der Waals surface area contributed by atoms with Gasteiger partial charge in [0.25, 0.3) is 0 Å². The molecule has 2 aromatic heterocycles. The van der Waals surface area contributed by atoms with E-state index in [1.165, 1.54) is 19.3 Å². The quantitative estimate of drug-likeness (QED) is 0.856. The Labute approximate surface area is 119 Å². The fraction of sp³-hybridized carbons (Fsp3) is 0.500. The van der Waals surface area contributed by atoms with E-state index >= 15 is 0 Å². The molecule has 0 aliphatic carbocycles. The first-order chi connectivity index (χ1) is 9.83. The molecule has 1 saturated heterocycles. The Hall–Kier alpha value is -1.68. The number of piperidine rings is 1. The first-order valence-electron chi connectivity index (χ1n) is 7.40. The van der Waals surface area contributed by atoms with Gasteiger partial charge in [0.2, 0.25) is 0 Å². The lowest BCUT2D eigenvalue weighted by Gasteiger charge is -2.34. The van der Waals surface area contributed by atoms with Crippen molar-refractivity contribution in [3.63, 3.8) is 0 Å². The van der Waals surface area contributed by atoms with E-state index in [-0.39, 0.29) is 0 Å². The number of pyridine rings is 1. The van der Waals surface area contributed by atoms with Gasteiger partial charge in [-0.1, -0.05) is 17.6 Å². The monoisotopic (exact) mass is 271 g/mol. The number of hydrogen-bond acceptors (Lipinski definition) is 4. The summed E-state index contributed by atoms with van der Waals surface area (Å²) in [6, 6.07) is 8.59. The summed E-state index contributed by atoms with van der Waals surface area (Å²) in [6.07, 6.45) is 6.58. The van der Waals surface area contributed by atoms with Crippen LogP contribution in [0.5, 0.6) is 0 Å².